The first-order valence-corrected chi connectivity index (χ1v) is 9.14. The SMILES string of the molecule is COC(=O)c1ccc(NC(=O)C2CC(=O)N(c3ccccc3Br)C2)s1. The summed E-state index contributed by atoms with van der Waals surface area (Å²) in [6, 6.07) is 10.7. The molecule has 0 bridgehead atoms. The fourth-order valence-electron chi connectivity index (χ4n) is 2.63. The number of ether oxygens (including phenoxy) is 1. The second kappa shape index (κ2) is 7.37. The van der Waals surface area contributed by atoms with Crippen LogP contribution in [0.1, 0.15) is 16.1 Å². The minimum absolute atomic E-state index is 0.0894. The van der Waals surface area contributed by atoms with E-state index in [1.165, 1.54) is 7.11 Å². The van der Waals surface area contributed by atoms with Gasteiger partial charge >= 0.3 is 5.97 Å². The standard InChI is InChI=1S/C17H15BrN2O4S/c1-24-17(23)13-6-7-14(25-13)19-16(22)10-8-15(21)20(9-10)12-5-3-2-4-11(12)18/h2-7,10H,8-9H2,1H3,(H,19,22). The van der Waals surface area contributed by atoms with Gasteiger partial charge in [-0.3, -0.25) is 9.59 Å². The third-order valence-electron chi connectivity index (χ3n) is 3.88. The van der Waals surface area contributed by atoms with Crippen LogP contribution in [0.2, 0.25) is 0 Å². The Kier molecular flexibility index (Phi) is 5.19. The van der Waals surface area contributed by atoms with Gasteiger partial charge in [0.25, 0.3) is 0 Å². The number of amides is 2. The first kappa shape index (κ1) is 17.6. The summed E-state index contributed by atoms with van der Waals surface area (Å²) in [5.74, 6) is -1.21. The highest BCUT2D eigenvalue weighted by molar-refractivity contribution is 9.10. The minimum atomic E-state index is -0.443. The fraction of sp³-hybridized carbons (Fsp3) is 0.235. The lowest BCUT2D eigenvalue weighted by molar-refractivity contribution is -0.122. The Morgan fingerprint density at radius 2 is 2.04 bits per heavy atom. The lowest BCUT2D eigenvalue weighted by atomic mass is 10.1. The van der Waals surface area contributed by atoms with E-state index in [0.717, 1.165) is 21.5 Å². The average Bonchev–Trinajstić information content (AvgIpc) is 3.21. The van der Waals surface area contributed by atoms with Crippen LogP contribution in [0.25, 0.3) is 0 Å². The molecule has 1 aliphatic heterocycles. The van der Waals surface area contributed by atoms with Gasteiger partial charge in [0.2, 0.25) is 11.8 Å². The molecule has 130 valence electrons. The summed E-state index contributed by atoms with van der Waals surface area (Å²) in [7, 11) is 1.31. The number of methoxy groups -OCH3 is 1. The van der Waals surface area contributed by atoms with Gasteiger partial charge in [0.05, 0.1) is 23.7 Å². The summed E-state index contributed by atoms with van der Waals surface area (Å²) in [5, 5.41) is 3.32. The van der Waals surface area contributed by atoms with Crippen molar-refractivity contribution in [1.29, 1.82) is 0 Å². The van der Waals surface area contributed by atoms with Crippen molar-refractivity contribution in [2.24, 2.45) is 5.92 Å². The van der Waals surface area contributed by atoms with Gasteiger partial charge in [-0.15, -0.1) is 11.3 Å². The maximum Gasteiger partial charge on any atom is 0.348 e. The maximum atomic E-state index is 12.5. The number of carbonyl (C=O) groups is 3. The van der Waals surface area contributed by atoms with Crippen LogP contribution in [-0.4, -0.2) is 31.4 Å². The van der Waals surface area contributed by atoms with E-state index in [0.29, 0.717) is 16.4 Å². The van der Waals surface area contributed by atoms with E-state index >= 15 is 0 Å². The Bertz CT molecular complexity index is 836. The molecule has 6 nitrogen and oxygen atoms in total. The number of esters is 1. The van der Waals surface area contributed by atoms with Gasteiger partial charge in [-0.2, -0.15) is 0 Å². The number of nitrogens with one attached hydrogen (secondary N) is 1. The van der Waals surface area contributed by atoms with Crippen molar-refractivity contribution in [3.8, 4) is 0 Å². The smallest absolute Gasteiger partial charge is 0.348 e. The Balaban J connectivity index is 1.68. The van der Waals surface area contributed by atoms with Crippen LogP contribution in [0.15, 0.2) is 40.9 Å². The largest absolute Gasteiger partial charge is 0.465 e. The number of halogens is 1. The van der Waals surface area contributed by atoms with E-state index in [1.54, 1.807) is 17.0 Å². The number of hydrogen-bond acceptors (Lipinski definition) is 5. The number of benzene rings is 1. The number of rotatable bonds is 4. The zero-order chi connectivity index (χ0) is 18.0. The zero-order valence-corrected chi connectivity index (χ0v) is 15.7. The summed E-state index contributed by atoms with van der Waals surface area (Å²) in [6.07, 6.45) is 0.155. The molecular weight excluding hydrogens is 408 g/mol. The molecule has 0 spiro atoms. The van der Waals surface area contributed by atoms with Crippen molar-refractivity contribution in [2.75, 3.05) is 23.9 Å². The molecule has 8 heteroatoms. The molecule has 1 aromatic carbocycles. The van der Waals surface area contributed by atoms with Crippen LogP contribution in [0.4, 0.5) is 10.7 Å². The summed E-state index contributed by atoms with van der Waals surface area (Å²) >= 11 is 4.57. The van der Waals surface area contributed by atoms with E-state index in [4.69, 9.17) is 0 Å². The Morgan fingerprint density at radius 1 is 1.28 bits per heavy atom. The molecule has 3 rings (SSSR count). The van der Waals surface area contributed by atoms with Gasteiger partial charge in [-0.05, 0) is 40.2 Å². The summed E-state index contributed by atoms with van der Waals surface area (Å²) in [5.41, 5.74) is 0.756. The number of hydrogen-bond donors (Lipinski definition) is 1. The number of anilines is 2. The summed E-state index contributed by atoms with van der Waals surface area (Å²) < 4.78 is 5.46. The number of nitrogens with zero attached hydrogens (tertiary/aromatic N) is 1. The lowest BCUT2D eigenvalue weighted by Gasteiger charge is -2.18. The van der Waals surface area contributed by atoms with Crippen LogP contribution >= 0.6 is 27.3 Å². The highest BCUT2D eigenvalue weighted by Crippen LogP contribution is 2.32. The fourth-order valence-corrected chi connectivity index (χ4v) is 3.95. The lowest BCUT2D eigenvalue weighted by Crippen LogP contribution is -2.28. The monoisotopic (exact) mass is 422 g/mol. The highest BCUT2D eigenvalue weighted by atomic mass is 79.9. The summed E-state index contributed by atoms with van der Waals surface area (Å²) in [6.45, 7) is 0.322. The molecular formula is C17H15BrN2O4S. The van der Waals surface area contributed by atoms with E-state index in [9.17, 15) is 14.4 Å². The molecule has 1 atom stereocenters. The van der Waals surface area contributed by atoms with E-state index in [2.05, 4.69) is 26.0 Å². The van der Waals surface area contributed by atoms with Crippen LogP contribution in [0.3, 0.4) is 0 Å². The van der Waals surface area contributed by atoms with Gasteiger partial charge in [-0.1, -0.05) is 12.1 Å². The third kappa shape index (κ3) is 3.74. The van der Waals surface area contributed by atoms with Gasteiger partial charge in [-0.25, -0.2) is 4.79 Å². The normalized spacial score (nSPS) is 16.8. The molecule has 1 aliphatic rings. The van der Waals surface area contributed by atoms with Gasteiger partial charge in [0, 0.05) is 17.4 Å². The van der Waals surface area contributed by atoms with Crippen molar-refractivity contribution in [1.82, 2.24) is 0 Å². The maximum absolute atomic E-state index is 12.5. The minimum Gasteiger partial charge on any atom is -0.465 e. The predicted octanol–water partition coefficient (Wildman–Crippen LogP) is 3.29. The molecule has 25 heavy (non-hydrogen) atoms. The molecule has 1 fully saturated rings. The molecule has 0 saturated carbocycles. The molecule has 0 radical (unpaired) electrons. The predicted molar refractivity (Wildman–Crippen MR) is 98.9 cm³/mol. The van der Waals surface area contributed by atoms with Gasteiger partial charge in [0.1, 0.15) is 4.88 Å². The average molecular weight is 423 g/mol. The van der Waals surface area contributed by atoms with Crippen molar-refractivity contribution in [3.05, 3.63) is 45.7 Å². The zero-order valence-electron chi connectivity index (χ0n) is 13.3. The number of carbonyl (C=O) groups excluding carboxylic acids is 3. The Labute approximate surface area is 156 Å². The molecule has 2 amide bonds. The topological polar surface area (TPSA) is 75.7 Å². The Hall–Kier alpha value is -2.19. The van der Waals surface area contributed by atoms with Crippen molar-refractivity contribution in [2.45, 2.75) is 6.42 Å². The molecule has 1 unspecified atom stereocenters. The van der Waals surface area contributed by atoms with Crippen LogP contribution in [-0.2, 0) is 14.3 Å². The molecule has 1 N–H and O–H groups in total. The van der Waals surface area contributed by atoms with E-state index < -0.39 is 11.9 Å². The number of thiophene rings is 1. The second-order valence-corrected chi connectivity index (χ2v) is 7.44. The van der Waals surface area contributed by atoms with Crippen LogP contribution < -0.4 is 10.2 Å². The van der Waals surface area contributed by atoms with Crippen molar-refractivity contribution >= 4 is 55.7 Å². The van der Waals surface area contributed by atoms with E-state index in [1.807, 2.05) is 24.3 Å². The quantitative estimate of drug-likeness (QED) is 0.766. The first-order valence-electron chi connectivity index (χ1n) is 7.53. The van der Waals surface area contributed by atoms with E-state index in [-0.39, 0.29) is 18.2 Å². The molecule has 0 aliphatic carbocycles. The summed E-state index contributed by atoms with van der Waals surface area (Å²) in [4.78, 5) is 38.2. The Morgan fingerprint density at radius 3 is 2.76 bits per heavy atom. The second-order valence-electron chi connectivity index (χ2n) is 5.50. The highest BCUT2D eigenvalue weighted by Gasteiger charge is 2.36. The van der Waals surface area contributed by atoms with Crippen LogP contribution in [0, 0.1) is 5.92 Å². The van der Waals surface area contributed by atoms with Crippen molar-refractivity contribution < 1.29 is 19.1 Å². The number of para-hydroxylation sites is 1. The van der Waals surface area contributed by atoms with Crippen LogP contribution in [0.5, 0.6) is 0 Å². The van der Waals surface area contributed by atoms with Gasteiger partial charge < -0.3 is 15.0 Å². The molecule has 1 aromatic heterocycles. The molecule has 2 heterocycles. The van der Waals surface area contributed by atoms with Crippen molar-refractivity contribution in [3.63, 3.8) is 0 Å². The first-order chi connectivity index (χ1) is 12.0. The van der Waals surface area contributed by atoms with Gasteiger partial charge in [0.15, 0.2) is 0 Å². The molecule has 2 aromatic rings. The molecule has 1 saturated heterocycles. The third-order valence-corrected chi connectivity index (χ3v) is 5.53.